The molecule has 5 heteroatoms. The topological polar surface area (TPSA) is 35.9 Å². The van der Waals surface area contributed by atoms with Gasteiger partial charge in [0.05, 0.1) is 5.69 Å². The maximum Gasteiger partial charge on any atom is 0.259 e. The number of nitrogens with zero attached hydrogens (tertiary/aromatic N) is 3. The van der Waals surface area contributed by atoms with Gasteiger partial charge in [-0.2, -0.15) is 0 Å². The quantitative estimate of drug-likeness (QED) is 0.745. The Morgan fingerprint density at radius 2 is 1.59 bits per heavy atom. The van der Waals surface area contributed by atoms with E-state index in [-0.39, 0.29) is 18.0 Å². The summed E-state index contributed by atoms with van der Waals surface area (Å²) in [6, 6.07) is 17.4. The molecule has 27 heavy (non-hydrogen) atoms. The average molecular weight is 384 g/mol. The summed E-state index contributed by atoms with van der Waals surface area (Å²) < 4.78 is 0. The minimum Gasteiger partial charge on any atom is -0.337 e. The molecular weight excluding hydrogens is 358 g/mol. The molecule has 1 heterocycles. The number of carbonyl (C=O) groups is 1. The average Bonchev–Trinajstić information content (AvgIpc) is 2.92. The van der Waals surface area contributed by atoms with Crippen molar-refractivity contribution in [3.63, 3.8) is 0 Å². The first-order valence-electron chi connectivity index (χ1n) is 9.38. The molecule has 2 aromatic carbocycles. The van der Waals surface area contributed by atoms with Crippen molar-refractivity contribution in [2.75, 3.05) is 4.90 Å². The Bertz CT molecular complexity index is 807. The smallest absolute Gasteiger partial charge is 0.259 e. The Morgan fingerprint density at radius 3 is 2.15 bits per heavy atom. The summed E-state index contributed by atoms with van der Waals surface area (Å²) in [5.74, 6) is 0.718. The summed E-state index contributed by atoms with van der Waals surface area (Å²) >= 11 is 6.05. The lowest BCUT2D eigenvalue weighted by atomic mass is 10.1. The van der Waals surface area contributed by atoms with Crippen LogP contribution in [0.15, 0.2) is 59.6 Å². The van der Waals surface area contributed by atoms with Crippen LogP contribution in [-0.4, -0.2) is 34.9 Å². The largest absolute Gasteiger partial charge is 0.337 e. The Kier molecular flexibility index (Phi) is 5.85. The monoisotopic (exact) mass is 383 g/mol. The van der Waals surface area contributed by atoms with Gasteiger partial charge in [0, 0.05) is 23.5 Å². The van der Waals surface area contributed by atoms with Crippen LogP contribution >= 0.6 is 11.6 Å². The predicted molar refractivity (Wildman–Crippen MR) is 112 cm³/mol. The van der Waals surface area contributed by atoms with Gasteiger partial charge < -0.3 is 4.90 Å². The van der Waals surface area contributed by atoms with Crippen molar-refractivity contribution in [1.82, 2.24) is 4.90 Å². The third-order valence-corrected chi connectivity index (χ3v) is 4.93. The van der Waals surface area contributed by atoms with Crippen molar-refractivity contribution in [2.24, 2.45) is 4.99 Å². The Morgan fingerprint density at radius 1 is 1.00 bits per heavy atom. The molecule has 0 radical (unpaired) electrons. The molecule has 1 amide bonds. The molecule has 0 bridgehead atoms. The standard InChI is InChI=1S/C22H26ClN3O/c1-15(2)25(16(3)4)22-24-20(14-17-8-6-5-7-9-17)21(27)26(22)19-12-10-18(23)11-13-19/h5-13,15-16,20H,14H2,1-4H3. The number of hydrogen-bond donors (Lipinski definition) is 0. The first-order chi connectivity index (χ1) is 12.9. The Balaban J connectivity index is 2.00. The van der Waals surface area contributed by atoms with E-state index in [1.165, 1.54) is 0 Å². The van der Waals surface area contributed by atoms with Gasteiger partial charge in [0.1, 0.15) is 6.04 Å². The van der Waals surface area contributed by atoms with Crippen molar-refractivity contribution in [3.8, 4) is 0 Å². The van der Waals surface area contributed by atoms with Crippen molar-refractivity contribution in [1.29, 1.82) is 0 Å². The molecule has 1 atom stereocenters. The van der Waals surface area contributed by atoms with Crippen LogP contribution in [0, 0.1) is 0 Å². The van der Waals surface area contributed by atoms with Gasteiger partial charge in [0.15, 0.2) is 0 Å². The van der Waals surface area contributed by atoms with Crippen molar-refractivity contribution < 1.29 is 4.79 Å². The highest BCUT2D eigenvalue weighted by Gasteiger charge is 2.39. The number of aliphatic imine (C=N–C) groups is 1. The van der Waals surface area contributed by atoms with Crippen molar-refractivity contribution in [3.05, 3.63) is 65.2 Å². The van der Waals surface area contributed by atoms with Crippen LogP contribution < -0.4 is 4.90 Å². The number of anilines is 1. The Hall–Kier alpha value is -2.33. The molecule has 0 saturated carbocycles. The number of guanidine groups is 1. The second kappa shape index (κ2) is 8.13. The fourth-order valence-electron chi connectivity index (χ4n) is 3.54. The van der Waals surface area contributed by atoms with Gasteiger partial charge in [-0.15, -0.1) is 0 Å². The van der Waals surface area contributed by atoms with Gasteiger partial charge in [-0.3, -0.25) is 4.79 Å². The second-order valence-corrected chi connectivity index (χ2v) is 7.82. The maximum atomic E-state index is 13.3. The lowest BCUT2D eigenvalue weighted by Gasteiger charge is -2.36. The molecule has 3 rings (SSSR count). The number of carbonyl (C=O) groups excluding carboxylic acids is 1. The fraction of sp³-hybridized carbons (Fsp3) is 0.364. The molecule has 4 nitrogen and oxygen atoms in total. The van der Waals surface area contributed by atoms with Crippen LogP contribution in [0.25, 0.3) is 0 Å². The van der Waals surface area contributed by atoms with Crippen LogP contribution in [0.4, 0.5) is 5.69 Å². The molecule has 0 fully saturated rings. The summed E-state index contributed by atoms with van der Waals surface area (Å²) in [6.45, 7) is 8.49. The lowest BCUT2D eigenvalue weighted by Crippen LogP contribution is -2.50. The molecule has 0 aliphatic carbocycles. The van der Waals surface area contributed by atoms with E-state index in [1.807, 2.05) is 42.5 Å². The maximum absolute atomic E-state index is 13.3. The van der Waals surface area contributed by atoms with E-state index in [9.17, 15) is 4.79 Å². The summed E-state index contributed by atoms with van der Waals surface area (Å²) in [7, 11) is 0. The highest BCUT2D eigenvalue weighted by molar-refractivity contribution is 6.30. The number of hydrogen-bond acceptors (Lipinski definition) is 3. The zero-order chi connectivity index (χ0) is 19.6. The second-order valence-electron chi connectivity index (χ2n) is 7.38. The van der Waals surface area contributed by atoms with E-state index in [0.29, 0.717) is 17.4 Å². The van der Waals surface area contributed by atoms with Gasteiger partial charge in [0.25, 0.3) is 5.91 Å². The van der Waals surface area contributed by atoms with Crippen molar-refractivity contribution in [2.45, 2.75) is 52.2 Å². The summed E-state index contributed by atoms with van der Waals surface area (Å²) in [5.41, 5.74) is 1.91. The van der Waals surface area contributed by atoms with E-state index in [1.54, 1.807) is 17.0 Å². The van der Waals surface area contributed by atoms with E-state index in [4.69, 9.17) is 16.6 Å². The zero-order valence-corrected chi connectivity index (χ0v) is 17.0. The minimum absolute atomic E-state index is 0.00229. The first-order valence-corrected chi connectivity index (χ1v) is 9.76. The third-order valence-electron chi connectivity index (χ3n) is 4.68. The fourth-order valence-corrected chi connectivity index (χ4v) is 3.67. The van der Waals surface area contributed by atoms with Gasteiger partial charge in [-0.1, -0.05) is 41.9 Å². The summed E-state index contributed by atoms with van der Waals surface area (Å²) in [6.07, 6.45) is 0.595. The highest BCUT2D eigenvalue weighted by Crippen LogP contribution is 2.28. The van der Waals surface area contributed by atoms with Crippen LogP contribution in [0.1, 0.15) is 33.3 Å². The van der Waals surface area contributed by atoms with Crippen molar-refractivity contribution >= 4 is 29.2 Å². The zero-order valence-electron chi connectivity index (χ0n) is 16.3. The summed E-state index contributed by atoms with van der Waals surface area (Å²) in [4.78, 5) is 22.1. The Labute approximate surface area is 166 Å². The lowest BCUT2D eigenvalue weighted by molar-refractivity contribution is -0.118. The van der Waals surface area contributed by atoms with Crippen LogP contribution in [-0.2, 0) is 11.2 Å². The SMILES string of the molecule is CC(C)N(C1=NC(Cc2ccccc2)C(=O)N1c1ccc(Cl)cc1)C(C)C. The predicted octanol–water partition coefficient (Wildman–Crippen LogP) is 4.77. The molecule has 0 spiro atoms. The number of halogens is 1. The van der Waals surface area contributed by atoms with E-state index < -0.39 is 6.04 Å². The van der Waals surface area contributed by atoms with Gasteiger partial charge in [0.2, 0.25) is 5.96 Å². The highest BCUT2D eigenvalue weighted by atomic mass is 35.5. The number of benzene rings is 2. The van der Waals surface area contributed by atoms with Gasteiger partial charge in [-0.05, 0) is 57.5 Å². The van der Waals surface area contributed by atoms with Crippen LogP contribution in [0.5, 0.6) is 0 Å². The van der Waals surface area contributed by atoms with E-state index in [0.717, 1.165) is 11.3 Å². The van der Waals surface area contributed by atoms with Gasteiger partial charge >= 0.3 is 0 Å². The molecule has 0 aromatic heterocycles. The molecule has 0 N–H and O–H groups in total. The molecule has 1 unspecified atom stereocenters. The molecule has 2 aromatic rings. The minimum atomic E-state index is -0.418. The third kappa shape index (κ3) is 4.16. The van der Waals surface area contributed by atoms with Crippen LogP contribution in [0.3, 0.4) is 0 Å². The van der Waals surface area contributed by atoms with E-state index >= 15 is 0 Å². The molecule has 1 aliphatic rings. The molecule has 1 aliphatic heterocycles. The molecule has 0 saturated heterocycles. The first kappa shape index (κ1) is 19.4. The molecular formula is C22H26ClN3O. The number of rotatable bonds is 5. The van der Waals surface area contributed by atoms with Gasteiger partial charge in [-0.25, -0.2) is 9.89 Å². The molecule has 142 valence electrons. The van der Waals surface area contributed by atoms with E-state index in [2.05, 4.69) is 32.6 Å². The summed E-state index contributed by atoms with van der Waals surface area (Å²) in [5, 5.41) is 0.647. The number of amides is 1. The normalized spacial score (nSPS) is 17.0. The van der Waals surface area contributed by atoms with Crippen LogP contribution in [0.2, 0.25) is 5.02 Å².